The highest BCUT2D eigenvalue weighted by Gasteiger charge is 2.41. The summed E-state index contributed by atoms with van der Waals surface area (Å²) in [5, 5.41) is 0.687. The number of hydrogen-bond donors (Lipinski definition) is 0. The molecule has 0 radical (unpaired) electrons. The zero-order valence-corrected chi connectivity index (χ0v) is 16.8. The number of rotatable bonds is 3. The van der Waals surface area contributed by atoms with Crippen molar-refractivity contribution in [2.24, 2.45) is 9.98 Å². The summed E-state index contributed by atoms with van der Waals surface area (Å²) in [5.74, 6) is 1.39. The molecule has 0 spiro atoms. The first-order chi connectivity index (χ1) is 14.2. The van der Waals surface area contributed by atoms with Crippen LogP contribution in [0.5, 0.6) is 0 Å². The Bertz CT molecular complexity index is 1140. The fraction of sp³-hybridized carbons (Fsp3) is 0.125. The van der Waals surface area contributed by atoms with Gasteiger partial charge in [0, 0.05) is 11.3 Å². The predicted molar refractivity (Wildman–Crippen MR) is 119 cm³/mol. The molecule has 0 N–H and O–H groups in total. The van der Waals surface area contributed by atoms with Crippen LogP contribution in [-0.2, 0) is 10.5 Å². The van der Waals surface area contributed by atoms with Crippen LogP contribution in [0, 0.1) is 6.92 Å². The van der Waals surface area contributed by atoms with Gasteiger partial charge in [-0.25, -0.2) is 14.9 Å². The molecule has 0 saturated heterocycles. The Balaban J connectivity index is 1.51. The van der Waals surface area contributed by atoms with Crippen molar-refractivity contribution in [1.29, 1.82) is 0 Å². The van der Waals surface area contributed by atoms with Gasteiger partial charge in [-0.15, -0.1) is 0 Å². The average molecular weight is 398 g/mol. The number of amides is 1. The number of nitrogens with zero attached hydrogens (tertiary/aromatic N) is 3. The molecule has 0 bridgehead atoms. The average Bonchev–Trinajstić information content (AvgIpc) is 3.11. The highest BCUT2D eigenvalue weighted by Crippen LogP contribution is 2.38. The third-order valence-electron chi connectivity index (χ3n) is 5.07. The van der Waals surface area contributed by atoms with Gasteiger partial charge in [0.05, 0.1) is 5.69 Å². The molecule has 1 atom stereocenters. The first-order valence-electron chi connectivity index (χ1n) is 9.54. The van der Waals surface area contributed by atoms with Gasteiger partial charge in [-0.2, -0.15) is 0 Å². The molecule has 5 rings (SSSR count). The lowest BCUT2D eigenvalue weighted by Gasteiger charge is -2.25. The number of amidine groups is 2. The minimum absolute atomic E-state index is 0.0455. The van der Waals surface area contributed by atoms with Crippen LogP contribution in [0.4, 0.5) is 5.69 Å². The fourth-order valence-corrected chi connectivity index (χ4v) is 4.49. The fourth-order valence-electron chi connectivity index (χ4n) is 3.53. The Labute approximate surface area is 174 Å². The van der Waals surface area contributed by atoms with E-state index < -0.39 is 6.04 Å². The number of aliphatic imine (C=N–C) groups is 2. The molecule has 0 saturated carbocycles. The normalized spacial score (nSPS) is 17.5. The highest BCUT2D eigenvalue weighted by molar-refractivity contribution is 8.13. The summed E-state index contributed by atoms with van der Waals surface area (Å²) in [5.41, 5.74) is 5.10. The van der Waals surface area contributed by atoms with E-state index >= 15 is 0 Å². The monoisotopic (exact) mass is 397 g/mol. The molecule has 1 amide bonds. The van der Waals surface area contributed by atoms with Crippen molar-refractivity contribution in [3.8, 4) is 0 Å². The van der Waals surface area contributed by atoms with Gasteiger partial charge >= 0.3 is 0 Å². The van der Waals surface area contributed by atoms with Crippen LogP contribution in [0.2, 0.25) is 0 Å². The van der Waals surface area contributed by atoms with E-state index in [2.05, 4.69) is 31.2 Å². The van der Waals surface area contributed by atoms with E-state index in [1.807, 2.05) is 54.6 Å². The van der Waals surface area contributed by atoms with E-state index in [4.69, 9.17) is 9.98 Å². The zero-order chi connectivity index (χ0) is 19.8. The minimum Gasteiger partial charge on any atom is -0.271 e. The van der Waals surface area contributed by atoms with Crippen LogP contribution < -0.4 is 0 Å². The molecule has 0 aromatic heterocycles. The molecule has 2 aliphatic rings. The van der Waals surface area contributed by atoms with Crippen molar-refractivity contribution in [2.75, 3.05) is 0 Å². The number of hydrogen-bond acceptors (Lipinski definition) is 4. The molecule has 1 unspecified atom stereocenters. The number of carbonyl (C=O) groups is 1. The summed E-state index contributed by atoms with van der Waals surface area (Å²) in [7, 11) is 0. The maximum Gasteiger partial charge on any atom is 0.263 e. The summed E-state index contributed by atoms with van der Waals surface area (Å²) in [6, 6.07) is 25.5. The molecule has 29 heavy (non-hydrogen) atoms. The van der Waals surface area contributed by atoms with E-state index in [0.717, 1.165) is 22.6 Å². The molecule has 142 valence electrons. The van der Waals surface area contributed by atoms with Crippen LogP contribution >= 0.6 is 11.8 Å². The molecule has 0 fully saturated rings. The topological polar surface area (TPSA) is 45.0 Å². The molecule has 2 heterocycles. The summed E-state index contributed by atoms with van der Waals surface area (Å²) < 4.78 is 0. The second-order valence-corrected chi connectivity index (χ2v) is 8.07. The number of fused-ring (bicyclic) bond motifs is 3. The summed E-state index contributed by atoms with van der Waals surface area (Å²) >= 11 is 1.57. The van der Waals surface area contributed by atoms with Gasteiger partial charge in [-0.3, -0.25) is 4.79 Å². The van der Waals surface area contributed by atoms with Crippen LogP contribution in [0.15, 0.2) is 88.8 Å². The van der Waals surface area contributed by atoms with Gasteiger partial charge in [-0.05, 0) is 30.2 Å². The summed E-state index contributed by atoms with van der Waals surface area (Å²) in [6.45, 7) is 2.08. The number of carbonyl (C=O) groups excluding carboxylic acids is 1. The van der Waals surface area contributed by atoms with Gasteiger partial charge in [-0.1, -0.05) is 84.1 Å². The maximum absolute atomic E-state index is 13.3. The molecule has 4 nitrogen and oxygen atoms in total. The lowest BCUT2D eigenvalue weighted by atomic mass is 10.1. The maximum atomic E-state index is 13.3. The zero-order valence-electron chi connectivity index (χ0n) is 15.9. The Kier molecular flexibility index (Phi) is 4.52. The van der Waals surface area contributed by atoms with E-state index in [-0.39, 0.29) is 5.91 Å². The number of benzene rings is 3. The molecule has 3 aromatic carbocycles. The first kappa shape index (κ1) is 17.9. The largest absolute Gasteiger partial charge is 0.271 e. The van der Waals surface area contributed by atoms with Gasteiger partial charge in [0.25, 0.3) is 5.91 Å². The Morgan fingerprint density at radius 3 is 2.45 bits per heavy atom. The third-order valence-corrected chi connectivity index (χ3v) is 6.08. The molecular weight excluding hydrogens is 378 g/mol. The Morgan fingerprint density at radius 2 is 1.66 bits per heavy atom. The van der Waals surface area contributed by atoms with Crippen LogP contribution in [0.1, 0.15) is 28.3 Å². The van der Waals surface area contributed by atoms with Gasteiger partial charge < -0.3 is 0 Å². The Morgan fingerprint density at radius 1 is 0.931 bits per heavy atom. The van der Waals surface area contributed by atoms with Crippen molar-refractivity contribution in [3.05, 3.63) is 101 Å². The first-order valence-corrected chi connectivity index (χ1v) is 10.5. The van der Waals surface area contributed by atoms with E-state index in [1.165, 1.54) is 11.1 Å². The standard InChI is InChI=1S/C24H19N3OS/c1-16-11-13-17(14-12-16)15-29-24-25-20-10-6-5-9-19(20)22-26-21(23(28)27(22)24)18-7-3-2-4-8-18/h2-14,21H,15H2,1H3. The predicted octanol–water partition coefficient (Wildman–Crippen LogP) is 5.26. The molecule has 0 aliphatic carbocycles. The van der Waals surface area contributed by atoms with Crippen molar-refractivity contribution in [2.45, 2.75) is 18.7 Å². The molecular formula is C24H19N3OS. The summed E-state index contributed by atoms with van der Waals surface area (Å²) in [6.07, 6.45) is 0. The van der Waals surface area contributed by atoms with Gasteiger partial charge in [0.15, 0.2) is 11.2 Å². The van der Waals surface area contributed by atoms with E-state index in [1.54, 1.807) is 16.7 Å². The van der Waals surface area contributed by atoms with Gasteiger partial charge in [0.1, 0.15) is 5.84 Å². The van der Waals surface area contributed by atoms with Crippen molar-refractivity contribution in [1.82, 2.24) is 4.90 Å². The van der Waals surface area contributed by atoms with Crippen molar-refractivity contribution < 1.29 is 4.79 Å². The lowest BCUT2D eigenvalue weighted by molar-refractivity contribution is -0.124. The van der Waals surface area contributed by atoms with Crippen molar-refractivity contribution in [3.63, 3.8) is 0 Å². The minimum atomic E-state index is -0.525. The van der Waals surface area contributed by atoms with Gasteiger partial charge in [0.2, 0.25) is 0 Å². The molecule has 2 aliphatic heterocycles. The third kappa shape index (κ3) is 3.28. The highest BCUT2D eigenvalue weighted by atomic mass is 32.2. The smallest absolute Gasteiger partial charge is 0.263 e. The van der Waals surface area contributed by atoms with E-state index in [0.29, 0.717) is 11.0 Å². The second kappa shape index (κ2) is 7.33. The summed E-state index contributed by atoms with van der Waals surface area (Å²) in [4.78, 5) is 24.6. The van der Waals surface area contributed by atoms with Crippen LogP contribution in [-0.4, -0.2) is 21.8 Å². The number of thioether (sulfide) groups is 1. The number of aryl methyl sites for hydroxylation is 1. The molecule has 5 heteroatoms. The Hall–Kier alpha value is -3.18. The van der Waals surface area contributed by atoms with E-state index in [9.17, 15) is 4.79 Å². The quantitative estimate of drug-likeness (QED) is 0.605. The SMILES string of the molecule is Cc1ccc(CSC2=Nc3ccccc3C3=NC(c4ccccc4)C(=O)N23)cc1. The van der Waals surface area contributed by atoms with Crippen LogP contribution in [0.3, 0.4) is 0 Å². The lowest BCUT2D eigenvalue weighted by Crippen LogP contribution is -2.39. The van der Waals surface area contributed by atoms with Crippen LogP contribution in [0.25, 0.3) is 0 Å². The van der Waals surface area contributed by atoms with Crippen molar-refractivity contribution >= 4 is 34.4 Å². The number of para-hydroxylation sites is 1. The second-order valence-electron chi connectivity index (χ2n) is 7.13. The molecule has 3 aromatic rings.